The summed E-state index contributed by atoms with van der Waals surface area (Å²) in [6.07, 6.45) is 1.01. The number of carbonyl (C=O) groups excluding carboxylic acids is 2. The molecule has 16 heavy (non-hydrogen) atoms. The van der Waals surface area contributed by atoms with E-state index in [2.05, 4.69) is 10.6 Å². The van der Waals surface area contributed by atoms with Gasteiger partial charge in [0.2, 0.25) is 11.8 Å². The van der Waals surface area contributed by atoms with Crippen LogP contribution in [0.4, 0.5) is 0 Å². The van der Waals surface area contributed by atoms with E-state index in [-0.39, 0.29) is 30.3 Å². The van der Waals surface area contributed by atoms with Crippen LogP contribution in [0.25, 0.3) is 0 Å². The van der Waals surface area contributed by atoms with E-state index in [9.17, 15) is 9.59 Å². The normalized spacial score (nSPS) is 14.4. The molecule has 0 aromatic heterocycles. The van der Waals surface area contributed by atoms with Gasteiger partial charge in [0.15, 0.2) is 0 Å². The lowest BCUT2D eigenvalue weighted by Gasteiger charge is -2.17. The number of nitrogens with two attached hydrogens (primary N) is 1. The standard InChI is InChI=1S/C11H23N3O2/c1-5-9(12)6-10(15)14-8(4)11(16)13-7(2)3/h7-9H,5-6,12H2,1-4H3,(H,13,16)(H,14,15). The zero-order chi connectivity index (χ0) is 12.7. The van der Waals surface area contributed by atoms with Gasteiger partial charge >= 0.3 is 0 Å². The third-order valence-electron chi connectivity index (χ3n) is 2.17. The Morgan fingerprint density at radius 2 is 1.75 bits per heavy atom. The van der Waals surface area contributed by atoms with Crippen molar-refractivity contribution in [3.8, 4) is 0 Å². The number of amides is 2. The van der Waals surface area contributed by atoms with E-state index in [0.717, 1.165) is 6.42 Å². The van der Waals surface area contributed by atoms with Crippen LogP contribution in [0.1, 0.15) is 40.5 Å². The fraction of sp³-hybridized carbons (Fsp3) is 0.818. The molecule has 0 bridgehead atoms. The molecule has 0 saturated carbocycles. The second-order valence-electron chi connectivity index (χ2n) is 4.32. The molecule has 0 aromatic rings. The topological polar surface area (TPSA) is 84.2 Å². The quantitative estimate of drug-likeness (QED) is 0.606. The Labute approximate surface area is 97.2 Å². The van der Waals surface area contributed by atoms with Gasteiger partial charge in [0.1, 0.15) is 6.04 Å². The molecule has 4 N–H and O–H groups in total. The van der Waals surface area contributed by atoms with Crippen molar-refractivity contribution >= 4 is 11.8 Å². The van der Waals surface area contributed by atoms with Gasteiger partial charge in [0, 0.05) is 18.5 Å². The molecule has 94 valence electrons. The Hall–Kier alpha value is -1.10. The van der Waals surface area contributed by atoms with Crippen LogP contribution in [0.3, 0.4) is 0 Å². The maximum absolute atomic E-state index is 11.5. The summed E-state index contributed by atoms with van der Waals surface area (Å²) in [5.74, 6) is -0.353. The highest BCUT2D eigenvalue weighted by Gasteiger charge is 2.16. The van der Waals surface area contributed by atoms with Gasteiger partial charge < -0.3 is 16.4 Å². The Kier molecular flexibility index (Phi) is 6.72. The Morgan fingerprint density at radius 3 is 2.19 bits per heavy atom. The van der Waals surface area contributed by atoms with Crippen molar-refractivity contribution in [2.45, 2.75) is 58.7 Å². The smallest absolute Gasteiger partial charge is 0.242 e. The number of carbonyl (C=O) groups is 2. The summed E-state index contributed by atoms with van der Waals surface area (Å²) in [4.78, 5) is 22.9. The van der Waals surface area contributed by atoms with E-state index in [1.165, 1.54) is 0 Å². The molecule has 5 nitrogen and oxygen atoms in total. The van der Waals surface area contributed by atoms with E-state index in [4.69, 9.17) is 5.73 Å². The number of rotatable bonds is 6. The van der Waals surface area contributed by atoms with Gasteiger partial charge in [-0.05, 0) is 27.2 Å². The maximum atomic E-state index is 11.5. The number of hydrogen-bond acceptors (Lipinski definition) is 3. The van der Waals surface area contributed by atoms with Gasteiger partial charge in [0.05, 0.1) is 0 Å². The van der Waals surface area contributed by atoms with Crippen molar-refractivity contribution in [3.05, 3.63) is 0 Å². The van der Waals surface area contributed by atoms with Crippen LogP contribution in [0.2, 0.25) is 0 Å². The summed E-state index contributed by atoms with van der Waals surface area (Å²) in [7, 11) is 0. The highest BCUT2D eigenvalue weighted by molar-refractivity contribution is 5.87. The molecule has 2 atom stereocenters. The fourth-order valence-corrected chi connectivity index (χ4v) is 1.16. The second-order valence-corrected chi connectivity index (χ2v) is 4.32. The number of hydrogen-bond donors (Lipinski definition) is 3. The molecule has 0 aliphatic rings. The summed E-state index contributed by atoms with van der Waals surface area (Å²) < 4.78 is 0. The Morgan fingerprint density at radius 1 is 1.19 bits per heavy atom. The van der Waals surface area contributed by atoms with Crippen LogP contribution >= 0.6 is 0 Å². The first-order chi connectivity index (χ1) is 7.36. The first-order valence-electron chi connectivity index (χ1n) is 5.72. The predicted molar refractivity (Wildman–Crippen MR) is 63.8 cm³/mol. The van der Waals surface area contributed by atoms with Gasteiger partial charge in [0.25, 0.3) is 0 Å². The van der Waals surface area contributed by atoms with Gasteiger partial charge in [-0.25, -0.2) is 0 Å². The van der Waals surface area contributed by atoms with Crippen LogP contribution in [0, 0.1) is 0 Å². The molecular formula is C11H23N3O2. The minimum absolute atomic E-state index is 0.0738. The monoisotopic (exact) mass is 229 g/mol. The van der Waals surface area contributed by atoms with Crippen molar-refractivity contribution in [1.82, 2.24) is 10.6 Å². The summed E-state index contributed by atoms with van der Waals surface area (Å²) in [6, 6.07) is -0.580. The van der Waals surface area contributed by atoms with Crippen LogP contribution in [-0.4, -0.2) is 29.9 Å². The molecule has 0 aliphatic carbocycles. The van der Waals surface area contributed by atoms with E-state index in [1.807, 2.05) is 20.8 Å². The molecule has 0 radical (unpaired) electrons. The summed E-state index contributed by atoms with van der Waals surface area (Å²) in [5.41, 5.74) is 5.65. The molecule has 0 aromatic carbocycles. The molecule has 0 rings (SSSR count). The second kappa shape index (κ2) is 7.22. The molecule has 5 heteroatoms. The molecule has 0 saturated heterocycles. The summed E-state index contributed by atoms with van der Waals surface area (Å²) in [5, 5.41) is 5.35. The highest BCUT2D eigenvalue weighted by atomic mass is 16.2. The first-order valence-corrected chi connectivity index (χ1v) is 5.72. The van der Waals surface area contributed by atoms with Crippen LogP contribution in [0.5, 0.6) is 0 Å². The number of nitrogens with one attached hydrogen (secondary N) is 2. The van der Waals surface area contributed by atoms with E-state index >= 15 is 0 Å². The van der Waals surface area contributed by atoms with Gasteiger partial charge in [-0.15, -0.1) is 0 Å². The van der Waals surface area contributed by atoms with Crippen LogP contribution in [-0.2, 0) is 9.59 Å². The lowest BCUT2D eigenvalue weighted by molar-refractivity contribution is -0.129. The molecule has 2 unspecified atom stereocenters. The van der Waals surface area contributed by atoms with Gasteiger partial charge in [-0.3, -0.25) is 9.59 Å². The average Bonchev–Trinajstić information content (AvgIpc) is 2.16. The van der Waals surface area contributed by atoms with E-state index < -0.39 is 6.04 Å². The molecular weight excluding hydrogens is 206 g/mol. The zero-order valence-electron chi connectivity index (χ0n) is 10.5. The summed E-state index contributed by atoms with van der Waals surface area (Å²) in [6.45, 7) is 7.33. The van der Waals surface area contributed by atoms with Crippen LogP contribution in [0.15, 0.2) is 0 Å². The van der Waals surface area contributed by atoms with Crippen molar-refractivity contribution in [1.29, 1.82) is 0 Å². The van der Waals surface area contributed by atoms with Crippen molar-refractivity contribution < 1.29 is 9.59 Å². The lowest BCUT2D eigenvalue weighted by atomic mass is 10.1. The molecule has 0 heterocycles. The molecule has 0 spiro atoms. The van der Waals surface area contributed by atoms with Gasteiger partial charge in [-0.2, -0.15) is 0 Å². The third kappa shape index (κ3) is 6.40. The first kappa shape index (κ1) is 14.9. The summed E-state index contributed by atoms with van der Waals surface area (Å²) >= 11 is 0. The Balaban J connectivity index is 3.99. The lowest BCUT2D eigenvalue weighted by Crippen LogP contribution is -2.47. The van der Waals surface area contributed by atoms with Crippen LogP contribution < -0.4 is 16.4 Å². The largest absolute Gasteiger partial charge is 0.352 e. The SMILES string of the molecule is CCC(N)CC(=O)NC(C)C(=O)NC(C)C. The molecule has 0 aliphatic heterocycles. The third-order valence-corrected chi connectivity index (χ3v) is 2.17. The Bertz CT molecular complexity index is 241. The maximum Gasteiger partial charge on any atom is 0.242 e. The van der Waals surface area contributed by atoms with E-state index in [0.29, 0.717) is 0 Å². The van der Waals surface area contributed by atoms with Crippen molar-refractivity contribution in [2.75, 3.05) is 0 Å². The molecule has 0 fully saturated rings. The fourth-order valence-electron chi connectivity index (χ4n) is 1.16. The molecule has 2 amide bonds. The van der Waals surface area contributed by atoms with E-state index in [1.54, 1.807) is 6.92 Å². The van der Waals surface area contributed by atoms with Crippen molar-refractivity contribution in [3.63, 3.8) is 0 Å². The zero-order valence-corrected chi connectivity index (χ0v) is 10.5. The highest BCUT2D eigenvalue weighted by Crippen LogP contribution is 1.94. The van der Waals surface area contributed by atoms with Crippen molar-refractivity contribution in [2.24, 2.45) is 5.73 Å². The average molecular weight is 229 g/mol. The minimum Gasteiger partial charge on any atom is -0.352 e. The minimum atomic E-state index is -0.515. The predicted octanol–water partition coefficient (Wildman–Crippen LogP) is 0.143. The van der Waals surface area contributed by atoms with Gasteiger partial charge in [-0.1, -0.05) is 6.92 Å².